The van der Waals surface area contributed by atoms with E-state index in [2.05, 4.69) is 16.9 Å². The van der Waals surface area contributed by atoms with E-state index in [0.717, 1.165) is 17.3 Å². The predicted octanol–water partition coefficient (Wildman–Crippen LogP) is 2.76. The highest BCUT2D eigenvalue weighted by Gasteiger charge is 2.22. The van der Waals surface area contributed by atoms with Crippen LogP contribution in [0, 0.1) is 0 Å². The molecular formula is C17H18N2O4S. The van der Waals surface area contributed by atoms with Crippen LogP contribution in [0.4, 0.5) is 0 Å². The minimum absolute atomic E-state index is 0.266. The first-order chi connectivity index (χ1) is 11.5. The third-order valence-electron chi connectivity index (χ3n) is 2.83. The molecule has 1 N–H and O–H groups in total. The van der Waals surface area contributed by atoms with E-state index >= 15 is 0 Å². The van der Waals surface area contributed by atoms with Crippen LogP contribution >= 0.6 is 11.8 Å². The highest BCUT2D eigenvalue weighted by molar-refractivity contribution is 8.18. The lowest BCUT2D eigenvalue weighted by Crippen LogP contribution is -2.23. The summed E-state index contributed by atoms with van der Waals surface area (Å²) in [6.45, 7) is 7.73. The van der Waals surface area contributed by atoms with Gasteiger partial charge < -0.3 is 14.8 Å². The quantitative estimate of drug-likeness (QED) is 0.633. The molecule has 0 atom stereocenters. The molecule has 0 aromatic heterocycles. The summed E-state index contributed by atoms with van der Waals surface area (Å²) in [5, 5.41) is 2.80. The molecule has 0 saturated carbocycles. The SMILES string of the molecule is C=CCOc1ccc(/C=C2\SC(NC(C)=O)=NC2=O)cc1OCC. The molecule has 0 fully saturated rings. The number of nitrogens with zero attached hydrogens (tertiary/aromatic N) is 1. The number of carbonyl (C=O) groups is 2. The van der Waals surface area contributed by atoms with E-state index in [4.69, 9.17) is 9.47 Å². The second kappa shape index (κ2) is 8.35. The first kappa shape index (κ1) is 17.8. The van der Waals surface area contributed by atoms with Crippen LogP contribution in [0.1, 0.15) is 19.4 Å². The Bertz CT molecular complexity index is 725. The van der Waals surface area contributed by atoms with Gasteiger partial charge in [0.25, 0.3) is 5.91 Å². The van der Waals surface area contributed by atoms with E-state index in [1.807, 2.05) is 13.0 Å². The highest BCUT2D eigenvalue weighted by Crippen LogP contribution is 2.32. The average Bonchev–Trinajstić information content (AvgIpc) is 2.85. The van der Waals surface area contributed by atoms with E-state index in [0.29, 0.717) is 29.6 Å². The Morgan fingerprint density at radius 3 is 2.83 bits per heavy atom. The maximum Gasteiger partial charge on any atom is 0.286 e. The Kier molecular flexibility index (Phi) is 6.20. The molecule has 0 unspecified atom stereocenters. The van der Waals surface area contributed by atoms with Crippen molar-refractivity contribution in [3.8, 4) is 11.5 Å². The fourth-order valence-electron chi connectivity index (χ4n) is 1.92. The van der Waals surface area contributed by atoms with Gasteiger partial charge in [-0.25, -0.2) is 0 Å². The summed E-state index contributed by atoms with van der Waals surface area (Å²) in [6.07, 6.45) is 3.35. The van der Waals surface area contributed by atoms with Crippen molar-refractivity contribution < 1.29 is 19.1 Å². The third-order valence-corrected chi connectivity index (χ3v) is 3.72. The van der Waals surface area contributed by atoms with Gasteiger partial charge >= 0.3 is 0 Å². The number of amides is 2. The van der Waals surface area contributed by atoms with Gasteiger partial charge in [0, 0.05) is 6.92 Å². The number of thioether (sulfide) groups is 1. The standard InChI is InChI=1S/C17H18N2O4S/c1-4-8-23-13-7-6-12(9-14(13)22-5-2)10-15-16(21)19-17(24-15)18-11(3)20/h4,6-7,9-10H,1,5,8H2,2-3H3,(H,18,19,20,21)/b15-10-. The monoisotopic (exact) mass is 346 g/mol. The third kappa shape index (κ3) is 4.73. The summed E-state index contributed by atoms with van der Waals surface area (Å²) in [5.41, 5.74) is 0.777. The number of nitrogens with one attached hydrogen (secondary N) is 1. The summed E-state index contributed by atoms with van der Waals surface area (Å²) in [6, 6.07) is 5.39. The van der Waals surface area contributed by atoms with Crippen LogP contribution in [0.25, 0.3) is 6.08 Å². The number of carbonyl (C=O) groups excluding carboxylic acids is 2. The molecule has 24 heavy (non-hydrogen) atoms. The van der Waals surface area contributed by atoms with E-state index in [1.165, 1.54) is 6.92 Å². The number of ether oxygens (including phenoxy) is 2. The van der Waals surface area contributed by atoms with E-state index in [1.54, 1.807) is 24.3 Å². The number of aliphatic imine (C=N–C) groups is 1. The summed E-state index contributed by atoms with van der Waals surface area (Å²) in [4.78, 5) is 27.2. The van der Waals surface area contributed by atoms with Crippen LogP contribution in [-0.4, -0.2) is 30.2 Å². The lowest BCUT2D eigenvalue weighted by Gasteiger charge is -2.11. The Hall–Kier alpha value is -2.54. The zero-order valence-corrected chi connectivity index (χ0v) is 14.3. The Balaban J connectivity index is 2.20. The molecule has 2 amide bonds. The van der Waals surface area contributed by atoms with Gasteiger partial charge in [0.1, 0.15) is 6.61 Å². The second-order valence-corrected chi connectivity index (χ2v) is 5.78. The molecule has 0 aliphatic carbocycles. The maximum absolute atomic E-state index is 11.9. The maximum atomic E-state index is 11.9. The van der Waals surface area contributed by atoms with Crippen LogP contribution in [0.3, 0.4) is 0 Å². The lowest BCUT2D eigenvalue weighted by atomic mass is 10.2. The van der Waals surface area contributed by atoms with Crippen LogP contribution in [0.15, 0.2) is 40.8 Å². The van der Waals surface area contributed by atoms with Gasteiger partial charge in [0.15, 0.2) is 16.7 Å². The largest absolute Gasteiger partial charge is 0.490 e. The molecule has 1 aromatic rings. The van der Waals surface area contributed by atoms with Gasteiger partial charge in [-0.2, -0.15) is 4.99 Å². The minimum atomic E-state index is -0.381. The first-order valence-electron chi connectivity index (χ1n) is 7.34. The Morgan fingerprint density at radius 1 is 1.38 bits per heavy atom. The van der Waals surface area contributed by atoms with Gasteiger partial charge in [-0.05, 0) is 42.5 Å². The van der Waals surface area contributed by atoms with Gasteiger partial charge in [-0.15, -0.1) is 0 Å². The van der Waals surface area contributed by atoms with Crippen LogP contribution in [0.2, 0.25) is 0 Å². The number of amidine groups is 1. The van der Waals surface area contributed by atoms with Crippen molar-refractivity contribution in [1.82, 2.24) is 5.32 Å². The molecule has 0 spiro atoms. The molecule has 6 nitrogen and oxygen atoms in total. The predicted molar refractivity (Wildman–Crippen MR) is 95.1 cm³/mol. The van der Waals surface area contributed by atoms with Gasteiger partial charge in [-0.1, -0.05) is 18.7 Å². The van der Waals surface area contributed by atoms with Gasteiger partial charge in [0.2, 0.25) is 5.91 Å². The summed E-state index contributed by atoms with van der Waals surface area (Å²) in [7, 11) is 0. The molecule has 7 heteroatoms. The van der Waals surface area contributed by atoms with Crippen molar-refractivity contribution in [2.24, 2.45) is 4.99 Å². The zero-order valence-electron chi connectivity index (χ0n) is 13.5. The molecule has 1 heterocycles. The summed E-state index contributed by atoms with van der Waals surface area (Å²) < 4.78 is 11.1. The first-order valence-corrected chi connectivity index (χ1v) is 8.15. The molecule has 0 radical (unpaired) electrons. The molecule has 0 saturated heterocycles. The number of hydrogen-bond donors (Lipinski definition) is 1. The Morgan fingerprint density at radius 2 is 2.17 bits per heavy atom. The normalized spacial score (nSPS) is 15.2. The van der Waals surface area contributed by atoms with E-state index in [9.17, 15) is 9.59 Å². The van der Waals surface area contributed by atoms with Crippen molar-refractivity contribution in [1.29, 1.82) is 0 Å². The molecule has 1 aromatic carbocycles. The topological polar surface area (TPSA) is 77.0 Å². The van der Waals surface area contributed by atoms with Crippen molar-refractivity contribution in [3.63, 3.8) is 0 Å². The zero-order chi connectivity index (χ0) is 17.5. The number of hydrogen-bond acceptors (Lipinski definition) is 5. The van der Waals surface area contributed by atoms with Crippen LogP contribution in [0.5, 0.6) is 11.5 Å². The average molecular weight is 346 g/mol. The van der Waals surface area contributed by atoms with Crippen LogP contribution < -0.4 is 14.8 Å². The smallest absolute Gasteiger partial charge is 0.286 e. The second-order valence-electron chi connectivity index (χ2n) is 4.75. The number of benzene rings is 1. The molecule has 1 aliphatic heterocycles. The Labute approximate surface area is 144 Å². The summed E-state index contributed by atoms with van der Waals surface area (Å²) in [5.74, 6) is 0.554. The highest BCUT2D eigenvalue weighted by atomic mass is 32.2. The molecule has 2 rings (SSSR count). The van der Waals surface area contributed by atoms with Crippen LogP contribution in [-0.2, 0) is 9.59 Å². The molecule has 1 aliphatic rings. The van der Waals surface area contributed by atoms with E-state index < -0.39 is 0 Å². The van der Waals surface area contributed by atoms with Gasteiger partial charge in [-0.3, -0.25) is 9.59 Å². The lowest BCUT2D eigenvalue weighted by molar-refractivity contribution is -0.117. The fourth-order valence-corrected chi connectivity index (χ4v) is 2.77. The number of rotatable bonds is 6. The van der Waals surface area contributed by atoms with Gasteiger partial charge in [0.05, 0.1) is 11.5 Å². The molecular weight excluding hydrogens is 328 g/mol. The summed E-state index contributed by atoms with van der Waals surface area (Å²) >= 11 is 1.12. The van der Waals surface area contributed by atoms with Crippen molar-refractivity contribution in [2.75, 3.05) is 13.2 Å². The van der Waals surface area contributed by atoms with E-state index in [-0.39, 0.29) is 17.0 Å². The fraction of sp³-hybridized carbons (Fsp3) is 0.235. The van der Waals surface area contributed by atoms with Crippen molar-refractivity contribution in [2.45, 2.75) is 13.8 Å². The van der Waals surface area contributed by atoms with Crippen molar-refractivity contribution >= 4 is 34.8 Å². The molecule has 126 valence electrons. The molecule has 0 bridgehead atoms. The van der Waals surface area contributed by atoms with Crippen molar-refractivity contribution in [3.05, 3.63) is 41.3 Å². The minimum Gasteiger partial charge on any atom is -0.490 e.